The van der Waals surface area contributed by atoms with Gasteiger partial charge in [-0.15, -0.1) is 0 Å². The van der Waals surface area contributed by atoms with Gasteiger partial charge in [-0.3, -0.25) is 4.79 Å². The number of hydrogen-bond acceptors (Lipinski definition) is 5. The maximum Gasteiger partial charge on any atom is 0.255 e. The number of nitrogen functional groups attached to an aromatic ring is 1. The van der Waals surface area contributed by atoms with Crippen LogP contribution in [0.2, 0.25) is 0 Å². The third-order valence-electron chi connectivity index (χ3n) is 6.84. The van der Waals surface area contributed by atoms with Crippen LogP contribution in [0.15, 0.2) is 35.2 Å². The molecule has 2 bridgehead atoms. The van der Waals surface area contributed by atoms with E-state index in [-0.39, 0.29) is 39.3 Å². The minimum atomic E-state index is -3.83. The largest absolute Gasteiger partial charge is 0.398 e. The Labute approximate surface area is 182 Å². The highest BCUT2D eigenvalue weighted by Gasteiger charge is 2.60. The molecule has 1 saturated heterocycles. The molecule has 2 aliphatic carbocycles. The van der Waals surface area contributed by atoms with Gasteiger partial charge in [-0.2, -0.15) is 0 Å². The predicted octanol–water partition coefficient (Wildman–Crippen LogP) is 3.67. The number of fused-ring (bicyclic) bond motifs is 2. The maximum absolute atomic E-state index is 13.6. The van der Waals surface area contributed by atoms with Crippen molar-refractivity contribution >= 4 is 27.1 Å². The molecular formula is C22H21F3N2O4S. The van der Waals surface area contributed by atoms with Crippen LogP contribution in [0.1, 0.15) is 36.0 Å². The van der Waals surface area contributed by atoms with Crippen molar-refractivity contribution in [3.05, 3.63) is 53.3 Å². The molecule has 2 saturated carbocycles. The number of nitrogens with one attached hydrogen (secondary N) is 1. The zero-order chi connectivity index (χ0) is 22.8. The third-order valence-corrected chi connectivity index (χ3v) is 9.29. The van der Waals surface area contributed by atoms with E-state index in [1.165, 1.54) is 18.2 Å². The SMILES string of the molecule is Nc1ccc(C(=O)Nc2cc(F)c(F)c(F)c2)cc1S(=O)(=O)C1C2CC[C@H]1CC1(CO1)C2. The number of anilines is 2. The zero-order valence-corrected chi connectivity index (χ0v) is 17.7. The highest BCUT2D eigenvalue weighted by atomic mass is 32.2. The predicted molar refractivity (Wildman–Crippen MR) is 110 cm³/mol. The standard InChI is InChI=1S/C22H21F3N2O4S/c23-15-6-14(7-16(24)19(15)25)27-21(28)11-3-4-17(26)18(5-11)32(29,30)20-12-1-2-13(20)9-22(8-12)10-31-22/h3-7,12-13,20H,1-2,8-10,26H2,(H,27,28)/t12-,13?,20?,22?/m0/s1. The van der Waals surface area contributed by atoms with Gasteiger partial charge in [-0.1, -0.05) is 0 Å². The molecule has 0 radical (unpaired) electrons. The van der Waals surface area contributed by atoms with Crippen molar-refractivity contribution in [3.8, 4) is 0 Å². The number of carbonyl (C=O) groups excluding carboxylic acids is 1. The van der Waals surface area contributed by atoms with Crippen molar-refractivity contribution in [1.29, 1.82) is 0 Å². The van der Waals surface area contributed by atoms with Crippen LogP contribution in [0.4, 0.5) is 24.5 Å². The van der Waals surface area contributed by atoms with Crippen LogP contribution in [-0.2, 0) is 14.6 Å². The molecule has 5 rings (SSSR count). The summed E-state index contributed by atoms with van der Waals surface area (Å²) in [6.45, 7) is 0.676. The van der Waals surface area contributed by atoms with Gasteiger partial charge in [0.25, 0.3) is 5.91 Å². The highest BCUT2D eigenvalue weighted by molar-refractivity contribution is 7.92. The summed E-state index contributed by atoms with van der Waals surface area (Å²) in [6.07, 6.45) is 3.02. The molecule has 1 heterocycles. The second-order valence-electron chi connectivity index (χ2n) is 8.95. The summed E-state index contributed by atoms with van der Waals surface area (Å²) in [4.78, 5) is 12.5. The van der Waals surface area contributed by atoms with Crippen LogP contribution < -0.4 is 11.1 Å². The quantitative estimate of drug-likeness (QED) is 0.407. The van der Waals surface area contributed by atoms with E-state index in [1.807, 2.05) is 0 Å². The lowest BCUT2D eigenvalue weighted by Crippen LogP contribution is -2.40. The fraction of sp³-hybridized carbons (Fsp3) is 0.409. The lowest BCUT2D eigenvalue weighted by atomic mass is 9.81. The van der Waals surface area contributed by atoms with Crippen molar-refractivity contribution in [2.24, 2.45) is 11.8 Å². The Hall–Kier alpha value is -2.59. The number of benzene rings is 2. The number of sulfone groups is 1. The Balaban J connectivity index is 1.43. The molecule has 1 spiro atoms. The fourth-order valence-electron chi connectivity index (χ4n) is 5.36. The first-order valence-corrected chi connectivity index (χ1v) is 11.9. The number of halogens is 3. The highest BCUT2D eigenvalue weighted by Crippen LogP contribution is 2.56. The van der Waals surface area contributed by atoms with E-state index in [0.717, 1.165) is 12.8 Å². The summed E-state index contributed by atoms with van der Waals surface area (Å²) in [5, 5.41) is 1.67. The summed E-state index contributed by atoms with van der Waals surface area (Å²) >= 11 is 0. The zero-order valence-electron chi connectivity index (χ0n) is 16.9. The number of amides is 1. The van der Waals surface area contributed by atoms with Crippen LogP contribution in [-0.4, -0.2) is 31.8 Å². The second-order valence-corrected chi connectivity index (χ2v) is 11.0. The molecule has 3 N–H and O–H groups in total. The molecule has 2 aromatic rings. The summed E-state index contributed by atoms with van der Waals surface area (Å²) in [5.74, 6) is -5.41. The molecule has 1 aliphatic heterocycles. The minimum Gasteiger partial charge on any atom is -0.398 e. The molecular weight excluding hydrogens is 445 g/mol. The first-order chi connectivity index (χ1) is 15.1. The molecule has 3 unspecified atom stereocenters. The van der Waals surface area contributed by atoms with E-state index in [0.29, 0.717) is 31.6 Å². The van der Waals surface area contributed by atoms with Crippen molar-refractivity contribution in [2.75, 3.05) is 17.7 Å². The van der Waals surface area contributed by atoms with Gasteiger partial charge in [-0.05, 0) is 55.7 Å². The van der Waals surface area contributed by atoms with E-state index in [9.17, 15) is 26.4 Å². The lowest BCUT2D eigenvalue weighted by Gasteiger charge is -2.33. The molecule has 0 aromatic heterocycles. The number of hydrogen-bond donors (Lipinski definition) is 2. The average Bonchev–Trinajstić information content (AvgIpc) is 3.40. The smallest absolute Gasteiger partial charge is 0.255 e. The Morgan fingerprint density at radius 2 is 1.66 bits per heavy atom. The molecule has 3 fully saturated rings. The van der Waals surface area contributed by atoms with Crippen LogP contribution in [0.5, 0.6) is 0 Å². The van der Waals surface area contributed by atoms with Crippen molar-refractivity contribution in [1.82, 2.24) is 0 Å². The van der Waals surface area contributed by atoms with Crippen LogP contribution in [0.25, 0.3) is 0 Å². The summed E-state index contributed by atoms with van der Waals surface area (Å²) < 4.78 is 72.7. The number of nitrogens with two attached hydrogens (primary N) is 1. The van der Waals surface area contributed by atoms with Gasteiger partial charge < -0.3 is 15.8 Å². The molecule has 170 valence electrons. The van der Waals surface area contributed by atoms with Crippen molar-refractivity contribution in [2.45, 2.75) is 41.4 Å². The van der Waals surface area contributed by atoms with Gasteiger partial charge in [0, 0.05) is 23.4 Å². The van der Waals surface area contributed by atoms with Crippen LogP contribution >= 0.6 is 0 Å². The molecule has 3 aliphatic rings. The van der Waals surface area contributed by atoms with E-state index in [1.54, 1.807) is 0 Å². The van der Waals surface area contributed by atoms with Gasteiger partial charge in [-0.25, -0.2) is 21.6 Å². The second kappa shape index (κ2) is 7.21. The number of epoxide rings is 1. The Morgan fingerprint density at radius 3 is 2.22 bits per heavy atom. The Morgan fingerprint density at radius 1 is 1.06 bits per heavy atom. The Bertz CT molecular complexity index is 1190. The summed E-state index contributed by atoms with van der Waals surface area (Å²) in [6, 6.07) is 5.11. The van der Waals surface area contributed by atoms with Crippen molar-refractivity contribution < 1.29 is 31.1 Å². The van der Waals surface area contributed by atoms with Gasteiger partial charge in [0.1, 0.15) is 0 Å². The third kappa shape index (κ3) is 3.45. The lowest BCUT2D eigenvalue weighted by molar-refractivity contribution is 0.102. The maximum atomic E-state index is 13.6. The molecule has 32 heavy (non-hydrogen) atoms. The van der Waals surface area contributed by atoms with E-state index in [4.69, 9.17) is 10.5 Å². The molecule has 6 nitrogen and oxygen atoms in total. The van der Waals surface area contributed by atoms with Gasteiger partial charge >= 0.3 is 0 Å². The Kier molecular flexibility index (Phi) is 4.79. The topological polar surface area (TPSA) is 102 Å². The van der Waals surface area contributed by atoms with Crippen molar-refractivity contribution in [3.63, 3.8) is 0 Å². The fourth-order valence-corrected chi connectivity index (χ4v) is 7.82. The molecule has 1 amide bonds. The van der Waals surface area contributed by atoms with Gasteiger partial charge in [0.2, 0.25) is 0 Å². The summed E-state index contributed by atoms with van der Waals surface area (Å²) in [7, 11) is -3.83. The van der Waals surface area contributed by atoms with E-state index < -0.39 is 38.4 Å². The molecule has 4 atom stereocenters. The van der Waals surface area contributed by atoms with Gasteiger partial charge in [0.15, 0.2) is 27.3 Å². The normalized spacial score (nSPS) is 28.7. The number of rotatable bonds is 4. The molecule has 2 aromatic carbocycles. The van der Waals surface area contributed by atoms with Gasteiger partial charge in [0.05, 0.1) is 28.0 Å². The number of carbonyl (C=O) groups is 1. The molecule has 10 heteroatoms. The van der Waals surface area contributed by atoms with Crippen LogP contribution in [0.3, 0.4) is 0 Å². The first kappa shape index (κ1) is 21.3. The number of ether oxygens (including phenoxy) is 1. The first-order valence-electron chi connectivity index (χ1n) is 10.3. The minimum absolute atomic E-state index is 0.0247. The monoisotopic (exact) mass is 466 g/mol. The van der Waals surface area contributed by atoms with Crippen LogP contribution in [0, 0.1) is 29.3 Å². The van der Waals surface area contributed by atoms with E-state index in [2.05, 4.69) is 5.32 Å². The average molecular weight is 466 g/mol. The summed E-state index contributed by atoms with van der Waals surface area (Å²) in [5.41, 5.74) is 5.51. The van der Waals surface area contributed by atoms with E-state index >= 15 is 0 Å².